The summed E-state index contributed by atoms with van der Waals surface area (Å²) in [5.41, 5.74) is 1.17. The van der Waals surface area contributed by atoms with Gasteiger partial charge in [0, 0.05) is 29.2 Å². The number of halogens is 1. The molecule has 0 spiro atoms. The molecule has 2 nitrogen and oxygen atoms in total. The minimum Gasteiger partial charge on any atom is -0.396 e. The summed E-state index contributed by atoms with van der Waals surface area (Å²) in [7, 11) is 1.93. The van der Waals surface area contributed by atoms with Crippen LogP contribution in [0.4, 0.5) is 0 Å². The van der Waals surface area contributed by atoms with E-state index in [0.29, 0.717) is 6.04 Å². The lowest BCUT2D eigenvalue weighted by molar-refractivity contribution is 0.273. The fourth-order valence-corrected chi connectivity index (χ4v) is 2.88. The fraction of sp³-hybridized carbons (Fsp3) is 0.500. The third-order valence-electron chi connectivity index (χ3n) is 2.42. The summed E-state index contributed by atoms with van der Waals surface area (Å²) in [4.78, 5) is 0. The number of thioether (sulfide) groups is 1. The highest BCUT2D eigenvalue weighted by molar-refractivity contribution is 7.98. The van der Waals surface area contributed by atoms with Gasteiger partial charge < -0.3 is 10.4 Å². The Morgan fingerprint density at radius 2 is 2.19 bits per heavy atom. The van der Waals surface area contributed by atoms with E-state index in [1.807, 2.05) is 37.0 Å². The molecular weight excluding hydrogens is 242 g/mol. The van der Waals surface area contributed by atoms with E-state index in [1.165, 1.54) is 5.56 Å². The SMILES string of the molecule is CNC(CCO)CSCc1ccccc1Cl. The third kappa shape index (κ3) is 4.74. The van der Waals surface area contributed by atoms with Crippen molar-refractivity contribution in [2.75, 3.05) is 19.4 Å². The molecule has 90 valence electrons. The van der Waals surface area contributed by atoms with E-state index in [9.17, 15) is 0 Å². The standard InChI is InChI=1S/C12H18ClNOS/c1-14-11(6-7-15)9-16-8-10-4-2-3-5-12(10)13/h2-5,11,14-15H,6-9H2,1H3. The Morgan fingerprint density at radius 1 is 1.44 bits per heavy atom. The van der Waals surface area contributed by atoms with Gasteiger partial charge in [-0.15, -0.1) is 0 Å². The van der Waals surface area contributed by atoms with Gasteiger partial charge in [0.2, 0.25) is 0 Å². The second-order valence-electron chi connectivity index (χ2n) is 3.60. The van der Waals surface area contributed by atoms with Crippen molar-refractivity contribution in [1.82, 2.24) is 5.32 Å². The van der Waals surface area contributed by atoms with Crippen LogP contribution in [0.15, 0.2) is 24.3 Å². The minimum absolute atomic E-state index is 0.234. The first-order valence-corrected chi connectivity index (χ1v) is 6.90. The Bertz CT molecular complexity index is 309. The maximum Gasteiger partial charge on any atom is 0.0446 e. The number of rotatable bonds is 7. The molecule has 0 aliphatic carbocycles. The molecule has 2 N–H and O–H groups in total. The number of aliphatic hydroxyl groups excluding tert-OH is 1. The Kier molecular flexibility index (Phi) is 6.88. The van der Waals surface area contributed by atoms with E-state index < -0.39 is 0 Å². The quantitative estimate of drug-likeness (QED) is 0.789. The van der Waals surface area contributed by atoms with Crippen molar-refractivity contribution in [2.24, 2.45) is 0 Å². The zero-order chi connectivity index (χ0) is 11.8. The Balaban J connectivity index is 2.32. The molecule has 0 fully saturated rings. The van der Waals surface area contributed by atoms with Crippen molar-refractivity contribution in [2.45, 2.75) is 18.2 Å². The normalized spacial score (nSPS) is 12.7. The molecule has 1 aromatic rings. The molecule has 0 aliphatic heterocycles. The van der Waals surface area contributed by atoms with Crippen molar-refractivity contribution in [1.29, 1.82) is 0 Å². The van der Waals surface area contributed by atoms with Gasteiger partial charge >= 0.3 is 0 Å². The van der Waals surface area contributed by atoms with Crippen LogP contribution in [0.2, 0.25) is 5.02 Å². The largest absolute Gasteiger partial charge is 0.396 e. The van der Waals surface area contributed by atoms with Crippen molar-refractivity contribution in [3.63, 3.8) is 0 Å². The zero-order valence-corrected chi connectivity index (χ0v) is 11.0. The Labute approximate surface area is 106 Å². The van der Waals surface area contributed by atoms with Crippen molar-refractivity contribution < 1.29 is 5.11 Å². The summed E-state index contributed by atoms with van der Waals surface area (Å²) in [6.07, 6.45) is 0.798. The second-order valence-corrected chi connectivity index (χ2v) is 5.04. The number of hydrogen-bond donors (Lipinski definition) is 2. The summed E-state index contributed by atoms with van der Waals surface area (Å²) in [6, 6.07) is 8.29. The van der Waals surface area contributed by atoms with Gasteiger partial charge in [0.05, 0.1) is 0 Å². The van der Waals surface area contributed by atoms with Gasteiger partial charge in [0.15, 0.2) is 0 Å². The minimum atomic E-state index is 0.234. The molecule has 0 heterocycles. The van der Waals surface area contributed by atoms with Gasteiger partial charge in [-0.1, -0.05) is 29.8 Å². The van der Waals surface area contributed by atoms with Crippen LogP contribution in [0.3, 0.4) is 0 Å². The second kappa shape index (κ2) is 7.96. The summed E-state index contributed by atoms with van der Waals surface area (Å²) in [5.74, 6) is 1.91. The molecule has 1 rings (SSSR count). The van der Waals surface area contributed by atoms with Gasteiger partial charge in [0.25, 0.3) is 0 Å². The van der Waals surface area contributed by atoms with E-state index in [2.05, 4.69) is 11.4 Å². The zero-order valence-electron chi connectivity index (χ0n) is 9.45. The molecule has 4 heteroatoms. The third-order valence-corrected chi connectivity index (χ3v) is 3.94. The smallest absolute Gasteiger partial charge is 0.0446 e. The number of benzene rings is 1. The van der Waals surface area contributed by atoms with E-state index >= 15 is 0 Å². The first-order chi connectivity index (χ1) is 7.77. The molecule has 0 aromatic heterocycles. The van der Waals surface area contributed by atoms with Crippen LogP contribution in [0, 0.1) is 0 Å². The van der Waals surface area contributed by atoms with E-state index in [1.54, 1.807) is 0 Å². The first-order valence-electron chi connectivity index (χ1n) is 5.37. The van der Waals surface area contributed by atoms with Gasteiger partial charge in [-0.3, -0.25) is 0 Å². The predicted octanol–water partition coefficient (Wildman–Crippen LogP) is 2.54. The van der Waals surface area contributed by atoms with Crippen LogP contribution < -0.4 is 5.32 Å². The van der Waals surface area contributed by atoms with Crippen LogP contribution in [0.5, 0.6) is 0 Å². The summed E-state index contributed by atoms with van der Waals surface area (Å²) in [6.45, 7) is 0.234. The predicted molar refractivity (Wildman–Crippen MR) is 72.2 cm³/mol. The lowest BCUT2D eigenvalue weighted by Gasteiger charge is -2.14. The maximum atomic E-state index is 8.86. The molecule has 0 amide bonds. The molecule has 16 heavy (non-hydrogen) atoms. The Hall–Kier alpha value is -0.220. The molecule has 0 saturated carbocycles. The summed E-state index contributed by atoms with van der Waals surface area (Å²) < 4.78 is 0. The van der Waals surface area contributed by atoms with E-state index in [0.717, 1.165) is 22.9 Å². The van der Waals surface area contributed by atoms with Crippen LogP contribution in [0.25, 0.3) is 0 Å². The molecule has 1 atom stereocenters. The molecule has 0 saturated heterocycles. The van der Waals surface area contributed by atoms with E-state index in [-0.39, 0.29) is 6.61 Å². The fourth-order valence-electron chi connectivity index (χ4n) is 1.39. The molecule has 0 aliphatic rings. The van der Waals surface area contributed by atoms with Crippen molar-refractivity contribution >= 4 is 23.4 Å². The average Bonchev–Trinajstić information content (AvgIpc) is 2.30. The molecule has 0 radical (unpaired) electrons. The number of aliphatic hydroxyl groups is 1. The highest BCUT2D eigenvalue weighted by atomic mass is 35.5. The summed E-state index contributed by atoms with van der Waals surface area (Å²) >= 11 is 7.90. The Morgan fingerprint density at radius 3 is 2.81 bits per heavy atom. The number of hydrogen-bond acceptors (Lipinski definition) is 3. The number of nitrogens with one attached hydrogen (secondary N) is 1. The van der Waals surface area contributed by atoms with Crippen LogP contribution in [-0.4, -0.2) is 30.6 Å². The molecular formula is C12H18ClNOS. The lowest BCUT2D eigenvalue weighted by atomic mass is 10.2. The highest BCUT2D eigenvalue weighted by Crippen LogP contribution is 2.21. The van der Waals surface area contributed by atoms with Gasteiger partial charge in [0.1, 0.15) is 0 Å². The van der Waals surface area contributed by atoms with E-state index in [4.69, 9.17) is 16.7 Å². The topological polar surface area (TPSA) is 32.3 Å². The first kappa shape index (κ1) is 13.8. The van der Waals surface area contributed by atoms with Crippen LogP contribution in [0.1, 0.15) is 12.0 Å². The van der Waals surface area contributed by atoms with Gasteiger partial charge in [-0.2, -0.15) is 11.8 Å². The van der Waals surface area contributed by atoms with Crippen LogP contribution >= 0.6 is 23.4 Å². The molecule has 1 unspecified atom stereocenters. The molecule has 1 aromatic carbocycles. The maximum absolute atomic E-state index is 8.86. The van der Waals surface area contributed by atoms with Crippen molar-refractivity contribution in [3.8, 4) is 0 Å². The monoisotopic (exact) mass is 259 g/mol. The van der Waals surface area contributed by atoms with Gasteiger partial charge in [-0.05, 0) is 25.1 Å². The highest BCUT2D eigenvalue weighted by Gasteiger charge is 2.06. The van der Waals surface area contributed by atoms with Crippen molar-refractivity contribution in [3.05, 3.63) is 34.9 Å². The van der Waals surface area contributed by atoms with Gasteiger partial charge in [-0.25, -0.2) is 0 Å². The molecule has 0 bridgehead atoms. The lowest BCUT2D eigenvalue weighted by Crippen LogP contribution is -2.28. The average molecular weight is 260 g/mol. The van der Waals surface area contributed by atoms with Crippen LogP contribution in [-0.2, 0) is 5.75 Å². The summed E-state index contributed by atoms with van der Waals surface area (Å²) in [5, 5.41) is 12.9.